The van der Waals surface area contributed by atoms with Crippen LogP contribution in [-0.4, -0.2) is 26.3 Å². The second-order valence-corrected chi connectivity index (χ2v) is 3.04. The van der Waals surface area contributed by atoms with Gasteiger partial charge in [-0.05, 0) is 25.3 Å². The van der Waals surface area contributed by atoms with E-state index in [0.29, 0.717) is 6.61 Å². The van der Waals surface area contributed by atoms with Crippen molar-refractivity contribution >= 4 is 0 Å². The van der Waals surface area contributed by atoms with Gasteiger partial charge in [0, 0.05) is 6.54 Å². The Balaban J connectivity index is 2.00. The minimum absolute atomic E-state index is 0.691. The van der Waals surface area contributed by atoms with E-state index in [1.54, 1.807) is 6.08 Å². The molecule has 0 aromatic heterocycles. The zero-order chi connectivity index (χ0) is 7.94. The standard InChI is InChI=1S/C9H17NO/c1-2-6-11-8-9-4-3-5-10-7-9/h2,9-10H,1,3-8H2/t9-/m1/s1. The summed E-state index contributed by atoms with van der Waals surface area (Å²) < 4.78 is 5.36. The lowest BCUT2D eigenvalue weighted by Crippen LogP contribution is -2.32. The lowest BCUT2D eigenvalue weighted by atomic mass is 10.0. The second kappa shape index (κ2) is 5.33. The molecule has 0 aromatic carbocycles. The van der Waals surface area contributed by atoms with Gasteiger partial charge in [-0.2, -0.15) is 0 Å². The van der Waals surface area contributed by atoms with Gasteiger partial charge in [-0.15, -0.1) is 6.58 Å². The SMILES string of the molecule is C=CCOC[C@@H]1CCCNC1. The molecule has 0 amide bonds. The zero-order valence-electron chi connectivity index (χ0n) is 7.01. The van der Waals surface area contributed by atoms with Gasteiger partial charge in [-0.25, -0.2) is 0 Å². The Hall–Kier alpha value is -0.340. The molecule has 1 saturated heterocycles. The quantitative estimate of drug-likeness (QED) is 0.486. The van der Waals surface area contributed by atoms with Gasteiger partial charge in [0.05, 0.1) is 13.2 Å². The molecule has 0 saturated carbocycles. The van der Waals surface area contributed by atoms with Gasteiger partial charge < -0.3 is 10.1 Å². The van der Waals surface area contributed by atoms with Crippen LogP contribution in [-0.2, 0) is 4.74 Å². The molecule has 64 valence electrons. The molecule has 0 radical (unpaired) electrons. The molecule has 0 bridgehead atoms. The van der Waals surface area contributed by atoms with Crippen LogP contribution in [0.2, 0.25) is 0 Å². The van der Waals surface area contributed by atoms with E-state index in [4.69, 9.17) is 4.74 Å². The Labute approximate surface area is 68.6 Å². The van der Waals surface area contributed by atoms with Crippen LogP contribution in [0.5, 0.6) is 0 Å². The predicted octanol–water partition coefficient (Wildman–Crippen LogP) is 1.19. The lowest BCUT2D eigenvalue weighted by Gasteiger charge is -2.21. The first-order chi connectivity index (χ1) is 5.43. The Morgan fingerprint density at radius 1 is 1.64 bits per heavy atom. The van der Waals surface area contributed by atoms with E-state index in [0.717, 1.165) is 19.1 Å². The average molecular weight is 155 g/mol. The fourth-order valence-electron chi connectivity index (χ4n) is 1.38. The topological polar surface area (TPSA) is 21.3 Å². The van der Waals surface area contributed by atoms with Crippen LogP contribution in [0, 0.1) is 5.92 Å². The van der Waals surface area contributed by atoms with Crippen LogP contribution in [0.4, 0.5) is 0 Å². The molecule has 2 heteroatoms. The van der Waals surface area contributed by atoms with E-state index in [1.165, 1.54) is 19.4 Å². The van der Waals surface area contributed by atoms with Crippen molar-refractivity contribution in [2.24, 2.45) is 5.92 Å². The number of rotatable bonds is 4. The normalized spacial score (nSPS) is 24.9. The maximum atomic E-state index is 5.36. The van der Waals surface area contributed by atoms with Crippen LogP contribution < -0.4 is 5.32 Å². The van der Waals surface area contributed by atoms with Crippen LogP contribution in [0.15, 0.2) is 12.7 Å². The summed E-state index contributed by atoms with van der Waals surface area (Å²) in [6, 6.07) is 0. The molecule has 1 fully saturated rings. The van der Waals surface area contributed by atoms with Crippen molar-refractivity contribution in [2.75, 3.05) is 26.3 Å². The molecule has 1 aliphatic rings. The zero-order valence-corrected chi connectivity index (χ0v) is 7.01. The van der Waals surface area contributed by atoms with Gasteiger partial charge in [0.1, 0.15) is 0 Å². The van der Waals surface area contributed by atoms with Crippen LogP contribution in [0.1, 0.15) is 12.8 Å². The van der Waals surface area contributed by atoms with Crippen molar-refractivity contribution in [2.45, 2.75) is 12.8 Å². The first-order valence-electron chi connectivity index (χ1n) is 4.33. The molecule has 11 heavy (non-hydrogen) atoms. The Morgan fingerprint density at radius 3 is 3.18 bits per heavy atom. The fraction of sp³-hybridized carbons (Fsp3) is 0.778. The van der Waals surface area contributed by atoms with Gasteiger partial charge in [-0.3, -0.25) is 0 Å². The van der Waals surface area contributed by atoms with Crippen LogP contribution in [0.3, 0.4) is 0 Å². The molecular weight excluding hydrogens is 138 g/mol. The summed E-state index contributed by atoms with van der Waals surface area (Å²) in [7, 11) is 0. The summed E-state index contributed by atoms with van der Waals surface area (Å²) in [5.41, 5.74) is 0. The van der Waals surface area contributed by atoms with E-state index >= 15 is 0 Å². The third kappa shape index (κ3) is 3.54. The number of piperidine rings is 1. The molecule has 0 aliphatic carbocycles. The van der Waals surface area contributed by atoms with Gasteiger partial charge in [-0.1, -0.05) is 6.08 Å². The van der Waals surface area contributed by atoms with Crippen molar-refractivity contribution < 1.29 is 4.74 Å². The molecule has 1 N–H and O–H groups in total. The average Bonchev–Trinajstić information content (AvgIpc) is 2.07. The highest BCUT2D eigenvalue weighted by atomic mass is 16.5. The smallest absolute Gasteiger partial charge is 0.0644 e. The Morgan fingerprint density at radius 2 is 2.55 bits per heavy atom. The van der Waals surface area contributed by atoms with Crippen molar-refractivity contribution in [3.8, 4) is 0 Å². The first kappa shape index (κ1) is 8.75. The molecule has 0 unspecified atom stereocenters. The summed E-state index contributed by atoms with van der Waals surface area (Å²) in [5.74, 6) is 0.726. The van der Waals surface area contributed by atoms with Gasteiger partial charge in [0.25, 0.3) is 0 Å². The molecule has 0 aromatic rings. The summed E-state index contributed by atoms with van der Waals surface area (Å²) in [5, 5.41) is 3.36. The Kier molecular flexibility index (Phi) is 4.24. The van der Waals surface area contributed by atoms with Crippen LogP contribution in [0.25, 0.3) is 0 Å². The first-order valence-corrected chi connectivity index (χ1v) is 4.33. The second-order valence-electron chi connectivity index (χ2n) is 3.04. The van der Waals surface area contributed by atoms with Crippen molar-refractivity contribution in [3.05, 3.63) is 12.7 Å². The van der Waals surface area contributed by atoms with Crippen molar-refractivity contribution in [3.63, 3.8) is 0 Å². The van der Waals surface area contributed by atoms with E-state index < -0.39 is 0 Å². The van der Waals surface area contributed by atoms with Crippen molar-refractivity contribution in [1.29, 1.82) is 0 Å². The fourth-order valence-corrected chi connectivity index (χ4v) is 1.38. The third-order valence-electron chi connectivity index (χ3n) is 1.99. The van der Waals surface area contributed by atoms with E-state index in [1.807, 2.05) is 0 Å². The van der Waals surface area contributed by atoms with Gasteiger partial charge >= 0.3 is 0 Å². The maximum absolute atomic E-state index is 5.36. The minimum atomic E-state index is 0.691. The molecule has 2 nitrogen and oxygen atoms in total. The van der Waals surface area contributed by atoms with Crippen LogP contribution >= 0.6 is 0 Å². The molecule has 1 rings (SSSR count). The highest BCUT2D eigenvalue weighted by Crippen LogP contribution is 2.09. The van der Waals surface area contributed by atoms with E-state index in [2.05, 4.69) is 11.9 Å². The molecule has 1 atom stereocenters. The summed E-state index contributed by atoms with van der Waals surface area (Å²) >= 11 is 0. The van der Waals surface area contributed by atoms with E-state index in [9.17, 15) is 0 Å². The maximum Gasteiger partial charge on any atom is 0.0644 e. The highest BCUT2D eigenvalue weighted by Gasteiger charge is 2.11. The highest BCUT2D eigenvalue weighted by molar-refractivity contribution is 4.70. The minimum Gasteiger partial charge on any atom is -0.377 e. The van der Waals surface area contributed by atoms with E-state index in [-0.39, 0.29) is 0 Å². The molecule has 0 spiro atoms. The monoisotopic (exact) mass is 155 g/mol. The predicted molar refractivity (Wildman–Crippen MR) is 46.6 cm³/mol. The number of ether oxygens (including phenoxy) is 1. The van der Waals surface area contributed by atoms with Crippen molar-refractivity contribution in [1.82, 2.24) is 5.32 Å². The summed E-state index contributed by atoms with van der Waals surface area (Å²) in [6.45, 7) is 7.48. The van der Waals surface area contributed by atoms with Gasteiger partial charge in [0.15, 0.2) is 0 Å². The summed E-state index contributed by atoms with van der Waals surface area (Å²) in [4.78, 5) is 0. The molecule has 1 aliphatic heterocycles. The summed E-state index contributed by atoms with van der Waals surface area (Å²) in [6.07, 6.45) is 4.41. The third-order valence-corrected chi connectivity index (χ3v) is 1.99. The number of nitrogens with one attached hydrogen (secondary N) is 1. The lowest BCUT2D eigenvalue weighted by molar-refractivity contribution is 0.111. The van der Waals surface area contributed by atoms with Gasteiger partial charge in [0.2, 0.25) is 0 Å². The molecular formula is C9H17NO. The molecule has 1 heterocycles. The Bertz CT molecular complexity index is 108. The number of hydrogen-bond acceptors (Lipinski definition) is 2. The largest absolute Gasteiger partial charge is 0.377 e. The number of hydrogen-bond donors (Lipinski definition) is 1.